The average molecular weight is 451 g/mol. The molecule has 0 radical (unpaired) electrons. The van der Waals surface area contributed by atoms with Crippen molar-refractivity contribution in [1.29, 1.82) is 5.26 Å². The molecule has 0 spiro atoms. The molecule has 2 aromatic heterocycles. The van der Waals surface area contributed by atoms with Crippen molar-refractivity contribution in [3.8, 4) is 6.07 Å². The predicted molar refractivity (Wildman–Crippen MR) is 121 cm³/mol. The third-order valence-corrected chi connectivity index (χ3v) is 5.30. The van der Waals surface area contributed by atoms with Crippen LogP contribution in [-0.4, -0.2) is 20.7 Å². The second-order valence-corrected chi connectivity index (χ2v) is 7.72. The first-order valence-electron chi connectivity index (χ1n) is 10.1. The molecular weight excluding hydrogens is 428 g/mol. The van der Waals surface area contributed by atoms with Crippen LogP contribution in [0.3, 0.4) is 0 Å². The molecular formula is C23H23ClN6O2. The van der Waals surface area contributed by atoms with Gasteiger partial charge in [-0.25, -0.2) is 9.67 Å². The summed E-state index contributed by atoms with van der Waals surface area (Å²) >= 11 is 6.04. The third kappa shape index (κ3) is 5.78. The van der Waals surface area contributed by atoms with E-state index in [1.54, 1.807) is 43.5 Å². The lowest BCUT2D eigenvalue weighted by atomic mass is 10.1. The molecule has 0 fully saturated rings. The molecule has 0 aliphatic rings. The summed E-state index contributed by atoms with van der Waals surface area (Å²) in [4.78, 5) is 29.7. The Morgan fingerprint density at radius 3 is 2.84 bits per heavy atom. The first-order valence-corrected chi connectivity index (χ1v) is 10.4. The molecule has 3 aromatic rings. The van der Waals surface area contributed by atoms with Gasteiger partial charge in [0.15, 0.2) is 0 Å². The number of rotatable bonds is 8. The van der Waals surface area contributed by atoms with E-state index < -0.39 is 0 Å². The summed E-state index contributed by atoms with van der Waals surface area (Å²) in [6.45, 7) is 2.65. The quantitative estimate of drug-likeness (QED) is 0.540. The van der Waals surface area contributed by atoms with Crippen LogP contribution in [0.1, 0.15) is 33.6 Å². The Labute approximate surface area is 190 Å². The lowest BCUT2D eigenvalue weighted by Crippen LogP contribution is -2.32. The van der Waals surface area contributed by atoms with Gasteiger partial charge >= 0.3 is 0 Å². The highest BCUT2D eigenvalue weighted by Crippen LogP contribution is 2.16. The van der Waals surface area contributed by atoms with Crippen LogP contribution in [0.2, 0.25) is 5.02 Å². The predicted octanol–water partition coefficient (Wildman–Crippen LogP) is 2.03. The minimum absolute atomic E-state index is 0.0616. The van der Waals surface area contributed by atoms with Gasteiger partial charge in [0.25, 0.3) is 5.56 Å². The van der Waals surface area contributed by atoms with Crippen molar-refractivity contribution in [3.63, 3.8) is 0 Å². The van der Waals surface area contributed by atoms with Crippen molar-refractivity contribution in [2.24, 2.45) is 5.73 Å². The maximum Gasteiger partial charge on any atom is 0.270 e. The summed E-state index contributed by atoms with van der Waals surface area (Å²) in [7, 11) is 0. The fourth-order valence-corrected chi connectivity index (χ4v) is 3.46. The van der Waals surface area contributed by atoms with Gasteiger partial charge in [-0.3, -0.25) is 9.59 Å². The number of nitrogens with one attached hydrogen (secondary N) is 1. The number of carbonyl (C=O) groups excluding carboxylic acids is 1. The minimum atomic E-state index is -0.318. The zero-order chi connectivity index (χ0) is 23.1. The van der Waals surface area contributed by atoms with Crippen LogP contribution >= 0.6 is 11.6 Å². The number of hydrogen-bond acceptors (Lipinski definition) is 6. The molecule has 0 unspecified atom stereocenters. The molecule has 9 heteroatoms. The fourth-order valence-electron chi connectivity index (χ4n) is 3.26. The van der Waals surface area contributed by atoms with Crippen molar-refractivity contribution in [2.75, 3.05) is 0 Å². The van der Waals surface area contributed by atoms with Crippen LogP contribution in [0.5, 0.6) is 0 Å². The molecule has 1 amide bonds. The Morgan fingerprint density at radius 1 is 1.28 bits per heavy atom. The molecule has 0 aliphatic carbocycles. The number of carbonyl (C=O) groups is 1. The van der Waals surface area contributed by atoms with Crippen LogP contribution < -0.4 is 16.6 Å². The SMILES string of the molecule is Cc1cnn(CCc2cccc(C#N)n2)c(=O)c1CC(=O)NCc1cc(Cl)ccc1CN. The van der Waals surface area contributed by atoms with E-state index >= 15 is 0 Å². The summed E-state index contributed by atoms with van der Waals surface area (Å²) in [5.41, 5.74) is 9.21. The van der Waals surface area contributed by atoms with E-state index in [1.807, 2.05) is 12.1 Å². The van der Waals surface area contributed by atoms with Gasteiger partial charge in [-0.1, -0.05) is 23.7 Å². The normalized spacial score (nSPS) is 10.6. The Kier molecular flexibility index (Phi) is 7.71. The van der Waals surface area contributed by atoms with Crippen LogP contribution in [0, 0.1) is 18.3 Å². The fraction of sp³-hybridized carbons (Fsp3) is 0.261. The number of aryl methyl sites for hydroxylation is 3. The monoisotopic (exact) mass is 450 g/mol. The van der Waals surface area contributed by atoms with E-state index in [1.165, 1.54) is 4.68 Å². The lowest BCUT2D eigenvalue weighted by Gasteiger charge is -2.12. The van der Waals surface area contributed by atoms with E-state index in [9.17, 15) is 9.59 Å². The Morgan fingerprint density at radius 2 is 2.09 bits per heavy atom. The van der Waals surface area contributed by atoms with Crippen molar-refractivity contribution < 1.29 is 4.79 Å². The van der Waals surface area contributed by atoms with Crippen LogP contribution in [-0.2, 0) is 37.3 Å². The standard InChI is InChI=1S/C23H23ClN6O2/c1-15-13-28-30(8-7-19-3-2-4-20(12-26)29-19)23(32)21(15)10-22(31)27-14-17-9-18(24)6-5-16(17)11-25/h2-6,9,13H,7-8,10-11,14,25H2,1H3,(H,27,31). The van der Waals surface area contributed by atoms with Crippen molar-refractivity contribution in [2.45, 2.75) is 39.4 Å². The highest BCUT2D eigenvalue weighted by Gasteiger charge is 2.14. The van der Waals surface area contributed by atoms with E-state index in [-0.39, 0.29) is 31.0 Å². The zero-order valence-electron chi connectivity index (χ0n) is 17.6. The van der Waals surface area contributed by atoms with Crippen LogP contribution in [0.15, 0.2) is 47.4 Å². The number of nitrogens with zero attached hydrogens (tertiary/aromatic N) is 4. The number of benzene rings is 1. The van der Waals surface area contributed by atoms with Crippen molar-refractivity contribution in [3.05, 3.63) is 91.6 Å². The van der Waals surface area contributed by atoms with Crippen LogP contribution in [0.4, 0.5) is 0 Å². The van der Waals surface area contributed by atoms with Gasteiger partial charge in [0.05, 0.1) is 19.2 Å². The molecule has 3 N–H and O–H groups in total. The number of nitriles is 1. The summed E-state index contributed by atoms with van der Waals surface area (Å²) in [6.07, 6.45) is 1.95. The summed E-state index contributed by atoms with van der Waals surface area (Å²) in [5.74, 6) is -0.283. The molecule has 0 saturated carbocycles. The van der Waals surface area contributed by atoms with Gasteiger partial charge in [-0.2, -0.15) is 10.4 Å². The molecule has 0 aliphatic heterocycles. The van der Waals surface area contributed by atoms with Gasteiger partial charge in [0.2, 0.25) is 5.91 Å². The highest BCUT2D eigenvalue weighted by molar-refractivity contribution is 6.30. The van der Waals surface area contributed by atoms with Gasteiger partial charge in [-0.05, 0) is 47.9 Å². The van der Waals surface area contributed by atoms with Crippen molar-refractivity contribution in [1.82, 2.24) is 20.1 Å². The summed E-state index contributed by atoms with van der Waals surface area (Å²) < 4.78 is 1.32. The van der Waals surface area contributed by atoms with E-state index in [0.29, 0.717) is 40.5 Å². The third-order valence-electron chi connectivity index (χ3n) is 5.06. The molecule has 8 nitrogen and oxygen atoms in total. The number of hydrogen-bond donors (Lipinski definition) is 2. The summed E-state index contributed by atoms with van der Waals surface area (Å²) in [6, 6.07) is 12.5. The number of halogens is 1. The largest absolute Gasteiger partial charge is 0.352 e. The second-order valence-electron chi connectivity index (χ2n) is 7.28. The lowest BCUT2D eigenvalue weighted by molar-refractivity contribution is -0.120. The number of aromatic nitrogens is 3. The first kappa shape index (κ1) is 23.1. The molecule has 0 atom stereocenters. The first-order chi connectivity index (χ1) is 15.4. The molecule has 2 heterocycles. The highest BCUT2D eigenvalue weighted by atomic mass is 35.5. The van der Waals surface area contributed by atoms with Gasteiger partial charge < -0.3 is 11.1 Å². The molecule has 164 valence electrons. The molecule has 0 bridgehead atoms. The van der Waals surface area contributed by atoms with E-state index in [0.717, 1.165) is 11.1 Å². The van der Waals surface area contributed by atoms with Crippen molar-refractivity contribution >= 4 is 17.5 Å². The molecule has 0 saturated heterocycles. The number of pyridine rings is 1. The smallest absolute Gasteiger partial charge is 0.270 e. The topological polar surface area (TPSA) is 127 Å². The van der Waals surface area contributed by atoms with E-state index in [4.69, 9.17) is 22.6 Å². The maximum atomic E-state index is 12.9. The van der Waals surface area contributed by atoms with Gasteiger partial charge in [-0.15, -0.1) is 0 Å². The van der Waals surface area contributed by atoms with Gasteiger partial charge in [0, 0.05) is 35.8 Å². The molecule has 1 aromatic carbocycles. The Bertz CT molecular complexity index is 1230. The summed E-state index contributed by atoms with van der Waals surface area (Å²) in [5, 5.41) is 16.5. The molecule has 32 heavy (non-hydrogen) atoms. The number of nitrogens with two attached hydrogens (primary N) is 1. The zero-order valence-corrected chi connectivity index (χ0v) is 18.4. The van der Waals surface area contributed by atoms with Gasteiger partial charge in [0.1, 0.15) is 11.8 Å². The minimum Gasteiger partial charge on any atom is -0.352 e. The van der Waals surface area contributed by atoms with E-state index in [2.05, 4.69) is 15.4 Å². The second kappa shape index (κ2) is 10.7. The average Bonchev–Trinajstić information content (AvgIpc) is 2.80. The number of amides is 1. The maximum absolute atomic E-state index is 12.9. The molecule has 3 rings (SSSR count). The Balaban J connectivity index is 1.68. The van der Waals surface area contributed by atoms with Crippen LogP contribution in [0.25, 0.3) is 0 Å². The Hall–Kier alpha value is -3.54.